The van der Waals surface area contributed by atoms with Crippen molar-refractivity contribution in [3.8, 4) is 0 Å². The first-order valence-corrected chi connectivity index (χ1v) is 8.36. The fourth-order valence-electron chi connectivity index (χ4n) is 2.43. The smallest absolute Gasteiger partial charge is 0.272 e. The van der Waals surface area contributed by atoms with Crippen LogP contribution in [0.5, 0.6) is 0 Å². The lowest BCUT2D eigenvalue weighted by atomic mass is 10.1. The van der Waals surface area contributed by atoms with E-state index < -0.39 is 0 Å². The third kappa shape index (κ3) is 4.31. The highest BCUT2D eigenvalue weighted by atomic mass is 16.2. The van der Waals surface area contributed by atoms with Crippen LogP contribution in [-0.4, -0.2) is 34.4 Å². The van der Waals surface area contributed by atoms with Gasteiger partial charge in [0.15, 0.2) is 0 Å². The van der Waals surface area contributed by atoms with E-state index in [9.17, 15) is 4.79 Å². The maximum atomic E-state index is 12.5. The van der Waals surface area contributed by atoms with E-state index in [1.54, 1.807) is 11.0 Å². The van der Waals surface area contributed by atoms with Crippen molar-refractivity contribution < 1.29 is 4.79 Å². The Morgan fingerprint density at radius 1 is 1.21 bits per heavy atom. The minimum absolute atomic E-state index is 0.0713. The van der Waals surface area contributed by atoms with Crippen LogP contribution in [0.1, 0.15) is 47.1 Å². The summed E-state index contributed by atoms with van der Waals surface area (Å²) in [5, 5.41) is 3.24. The Hall–Kier alpha value is -2.43. The number of carbonyl (C=O) groups is 1. The minimum atomic E-state index is -0.0713. The second-order valence-corrected chi connectivity index (χ2v) is 6.17. The van der Waals surface area contributed by atoms with E-state index in [4.69, 9.17) is 0 Å². The van der Waals surface area contributed by atoms with Crippen molar-refractivity contribution >= 4 is 17.5 Å². The number of rotatable bonds is 6. The van der Waals surface area contributed by atoms with Crippen molar-refractivity contribution in [2.75, 3.05) is 18.9 Å². The van der Waals surface area contributed by atoms with E-state index in [1.165, 1.54) is 5.56 Å². The van der Waals surface area contributed by atoms with E-state index in [0.717, 1.165) is 36.3 Å². The lowest BCUT2D eigenvalue weighted by molar-refractivity contribution is 0.0787. The first-order chi connectivity index (χ1) is 11.4. The topological polar surface area (TPSA) is 58.1 Å². The van der Waals surface area contributed by atoms with Gasteiger partial charge < -0.3 is 10.2 Å². The molecular formula is C19H26N4O. The van der Waals surface area contributed by atoms with Crippen LogP contribution in [0.4, 0.5) is 11.6 Å². The van der Waals surface area contributed by atoms with Crippen molar-refractivity contribution in [1.29, 1.82) is 0 Å². The van der Waals surface area contributed by atoms with Gasteiger partial charge in [-0.25, -0.2) is 9.97 Å². The largest absolute Gasteiger partial charge is 0.340 e. The summed E-state index contributed by atoms with van der Waals surface area (Å²) in [4.78, 5) is 23.1. The molecule has 0 aliphatic carbocycles. The maximum absolute atomic E-state index is 12.5. The predicted molar refractivity (Wildman–Crippen MR) is 97.8 cm³/mol. The van der Waals surface area contributed by atoms with Crippen LogP contribution >= 0.6 is 0 Å². The van der Waals surface area contributed by atoms with Gasteiger partial charge in [-0.3, -0.25) is 4.79 Å². The standard InChI is InChI=1S/C19H26N4O/c1-6-7-11-23(5)18(24)17-12-14(3)20-19(22-17)21-16-10-8-9-13(2)15(16)4/h8-10,12H,6-7,11H2,1-5H3,(H,20,21,22). The second-order valence-electron chi connectivity index (χ2n) is 6.17. The zero-order valence-corrected chi connectivity index (χ0v) is 15.2. The number of anilines is 2. The Kier molecular flexibility index (Phi) is 5.90. The van der Waals surface area contributed by atoms with E-state index in [2.05, 4.69) is 42.1 Å². The van der Waals surface area contributed by atoms with Gasteiger partial charge in [-0.1, -0.05) is 25.5 Å². The Bertz CT molecular complexity index is 727. The number of hydrogen-bond donors (Lipinski definition) is 1. The van der Waals surface area contributed by atoms with Gasteiger partial charge in [-0.05, 0) is 50.5 Å². The fraction of sp³-hybridized carbons (Fsp3) is 0.421. The summed E-state index contributed by atoms with van der Waals surface area (Å²) >= 11 is 0. The zero-order chi connectivity index (χ0) is 17.7. The van der Waals surface area contributed by atoms with Gasteiger partial charge in [0.25, 0.3) is 5.91 Å². The number of carbonyl (C=O) groups excluding carboxylic acids is 1. The van der Waals surface area contributed by atoms with E-state index in [-0.39, 0.29) is 5.91 Å². The molecule has 0 aliphatic rings. The normalized spacial score (nSPS) is 10.5. The zero-order valence-electron chi connectivity index (χ0n) is 15.2. The van der Waals surface area contributed by atoms with Crippen LogP contribution < -0.4 is 5.32 Å². The van der Waals surface area contributed by atoms with Gasteiger partial charge >= 0.3 is 0 Å². The summed E-state index contributed by atoms with van der Waals surface area (Å²) in [6.07, 6.45) is 2.04. The molecule has 128 valence electrons. The molecule has 2 aromatic rings. The number of benzene rings is 1. The number of aryl methyl sites for hydroxylation is 2. The van der Waals surface area contributed by atoms with Gasteiger partial charge in [0, 0.05) is 25.0 Å². The van der Waals surface area contributed by atoms with E-state index in [1.807, 2.05) is 26.1 Å². The molecule has 0 saturated carbocycles. The molecular weight excluding hydrogens is 300 g/mol. The molecule has 2 rings (SSSR count). The summed E-state index contributed by atoms with van der Waals surface area (Å²) in [7, 11) is 1.81. The van der Waals surface area contributed by atoms with Crippen LogP contribution in [0.2, 0.25) is 0 Å². The number of unbranched alkanes of at least 4 members (excludes halogenated alkanes) is 1. The molecule has 0 unspecified atom stereocenters. The third-order valence-electron chi connectivity index (χ3n) is 4.12. The Morgan fingerprint density at radius 3 is 2.67 bits per heavy atom. The molecule has 1 N–H and O–H groups in total. The number of nitrogens with one attached hydrogen (secondary N) is 1. The molecule has 0 fully saturated rings. The first-order valence-electron chi connectivity index (χ1n) is 8.36. The SMILES string of the molecule is CCCCN(C)C(=O)c1cc(C)nc(Nc2cccc(C)c2C)n1. The molecule has 1 aromatic heterocycles. The van der Waals surface area contributed by atoms with Crippen LogP contribution in [0, 0.1) is 20.8 Å². The van der Waals surface area contributed by atoms with Crippen LogP contribution in [0.3, 0.4) is 0 Å². The average molecular weight is 326 g/mol. The van der Waals surface area contributed by atoms with Crippen molar-refractivity contribution in [2.24, 2.45) is 0 Å². The molecule has 1 aromatic carbocycles. The predicted octanol–water partition coefficient (Wildman–Crippen LogP) is 4.02. The first kappa shape index (κ1) is 17.9. The highest BCUT2D eigenvalue weighted by Gasteiger charge is 2.15. The quantitative estimate of drug-likeness (QED) is 0.871. The molecule has 5 nitrogen and oxygen atoms in total. The highest BCUT2D eigenvalue weighted by Crippen LogP contribution is 2.21. The van der Waals surface area contributed by atoms with Crippen molar-refractivity contribution in [1.82, 2.24) is 14.9 Å². The summed E-state index contributed by atoms with van der Waals surface area (Å²) in [6.45, 7) is 8.84. The van der Waals surface area contributed by atoms with Gasteiger partial charge in [0.05, 0.1) is 0 Å². The van der Waals surface area contributed by atoms with Gasteiger partial charge in [0.1, 0.15) is 5.69 Å². The number of hydrogen-bond acceptors (Lipinski definition) is 4. The molecule has 0 radical (unpaired) electrons. The molecule has 1 amide bonds. The maximum Gasteiger partial charge on any atom is 0.272 e. The average Bonchev–Trinajstić information content (AvgIpc) is 2.55. The Labute approximate surface area is 144 Å². The fourth-order valence-corrected chi connectivity index (χ4v) is 2.43. The second kappa shape index (κ2) is 7.90. The number of aromatic nitrogens is 2. The van der Waals surface area contributed by atoms with Gasteiger partial charge in [-0.2, -0.15) is 0 Å². The number of amides is 1. The summed E-state index contributed by atoms with van der Waals surface area (Å²) in [5.41, 5.74) is 4.50. The molecule has 5 heteroatoms. The van der Waals surface area contributed by atoms with Crippen LogP contribution in [0.15, 0.2) is 24.3 Å². The molecule has 0 aliphatic heterocycles. The van der Waals surface area contributed by atoms with Crippen molar-refractivity contribution in [3.63, 3.8) is 0 Å². The molecule has 0 saturated heterocycles. The molecule has 0 bridgehead atoms. The highest BCUT2D eigenvalue weighted by molar-refractivity contribution is 5.92. The van der Waals surface area contributed by atoms with Gasteiger partial charge in [-0.15, -0.1) is 0 Å². The van der Waals surface area contributed by atoms with Crippen LogP contribution in [-0.2, 0) is 0 Å². The monoisotopic (exact) mass is 326 g/mol. The third-order valence-corrected chi connectivity index (χ3v) is 4.12. The van der Waals surface area contributed by atoms with Crippen LogP contribution in [0.25, 0.3) is 0 Å². The van der Waals surface area contributed by atoms with Crippen molar-refractivity contribution in [2.45, 2.75) is 40.5 Å². The van der Waals surface area contributed by atoms with E-state index in [0.29, 0.717) is 11.6 Å². The van der Waals surface area contributed by atoms with Crippen molar-refractivity contribution in [3.05, 3.63) is 46.8 Å². The number of nitrogens with zero attached hydrogens (tertiary/aromatic N) is 3. The van der Waals surface area contributed by atoms with E-state index >= 15 is 0 Å². The molecule has 24 heavy (non-hydrogen) atoms. The van der Waals surface area contributed by atoms with Gasteiger partial charge in [0.2, 0.25) is 5.95 Å². The molecule has 1 heterocycles. The lowest BCUT2D eigenvalue weighted by Crippen LogP contribution is -2.28. The Balaban J connectivity index is 2.25. The molecule has 0 spiro atoms. The summed E-state index contributed by atoms with van der Waals surface area (Å²) in [5.74, 6) is 0.383. The summed E-state index contributed by atoms with van der Waals surface area (Å²) < 4.78 is 0. The molecule has 0 atom stereocenters. The Morgan fingerprint density at radius 2 is 1.96 bits per heavy atom. The lowest BCUT2D eigenvalue weighted by Gasteiger charge is -2.17. The summed E-state index contributed by atoms with van der Waals surface area (Å²) in [6, 6.07) is 7.78. The minimum Gasteiger partial charge on any atom is -0.340 e.